The lowest BCUT2D eigenvalue weighted by molar-refractivity contribution is -0.890. The molecule has 0 atom stereocenters. The number of pyridine rings is 1. The van der Waals surface area contributed by atoms with Gasteiger partial charge in [-0.1, -0.05) is 12.1 Å². The van der Waals surface area contributed by atoms with E-state index in [-0.39, 0.29) is 24.3 Å². The number of aromatic nitrogens is 1. The van der Waals surface area contributed by atoms with Crippen LogP contribution in [0.5, 0.6) is 11.5 Å². The summed E-state index contributed by atoms with van der Waals surface area (Å²) in [5, 5.41) is 1.06. The normalized spacial score (nSPS) is 12.3. The second-order valence-corrected chi connectivity index (χ2v) is 16.1. The molecule has 15 heteroatoms. The molecule has 0 spiro atoms. The number of hydrogen-bond acceptors (Lipinski definition) is 9. The Morgan fingerprint density at radius 3 is 2.02 bits per heavy atom. The van der Waals surface area contributed by atoms with Crippen molar-refractivity contribution in [2.75, 3.05) is 52.4 Å². The van der Waals surface area contributed by atoms with Gasteiger partial charge in [-0.25, -0.2) is 9.59 Å². The maximum Gasteiger partial charge on any atom is 0.345 e. The summed E-state index contributed by atoms with van der Waals surface area (Å²) in [4.78, 5) is 26.3. The van der Waals surface area contributed by atoms with Crippen molar-refractivity contribution < 1.29 is 58.8 Å². The van der Waals surface area contributed by atoms with Gasteiger partial charge in [0.15, 0.2) is 6.54 Å². The Kier molecular flexibility index (Phi) is 12.2. The van der Waals surface area contributed by atoms with E-state index in [2.05, 4.69) is 0 Å². The third-order valence-corrected chi connectivity index (χ3v) is 10.0. The van der Waals surface area contributed by atoms with E-state index in [4.69, 9.17) is 18.8 Å². The van der Waals surface area contributed by atoms with Crippen LogP contribution < -0.4 is 14.0 Å². The van der Waals surface area contributed by atoms with Gasteiger partial charge in [-0.15, -0.1) is 0 Å². The number of esters is 2. The highest BCUT2D eigenvalue weighted by molar-refractivity contribution is 7.86. The summed E-state index contributed by atoms with van der Waals surface area (Å²) in [5.41, 5.74) is 2.98. The minimum Gasteiger partial charge on any atom is -0.493 e. The molecule has 50 heavy (non-hydrogen) atoms. The number of ether oxygens (including phenoxy) is 3. The highest BCUT2D eigenvalue weighted by Crippen LogP contribution is 2.32. The maximum atomic E-state index is 14.2. The van der Waals surface area contributed by atoms with Gasteiger partial charge < -0.3 is 18.7 Å². The van der Waals surface area contributed by atoms with Crippen molar-refractivity contribution in [1.82, 2.24) is 0 Å². The molecule has 0 amide bonds. The Balaban J connectivity index is 1.71. The second-order valence-electron chi connectivity index (χ2n) is 12.9. The number of nitrogens with zero attached hydrogens (tertiary/aromatic N) is 2. The fourth-order valence-electron chi connectivity index (χ4n) is 6.06. The molecule has 3 aromatic carbocycles. The SMILES string of the molecule is COC(=O)c1cc(C)c(OC(=O)c2c3ccccc3[n+](CCCS(=O)(=O)O)c3ccc(OCCC[N+](C)(C)CCCS(=O)(=O)O)cc23)c(C)c1. The average molecular weight is 733 g/mol. The number of fused-ring (bicyclic) bond motifs is 2. The lowest BCUT2D eigenvalue weighted by Crippen LogP contribution is -2.42. The molecule has 0 saturated carbocycles. The summed E-state index contributed by atoms with van der Waals surface area (Å²) < 4.78 is 83.1. The molecule has 0 aliphatic heterocycles. The monoisotopic (exact) mass is 732 g/mol. The van der Waals surface area contributed by atoms with Gasteiger partial charge in [0.05, 0.1) is 74.3 Å². The summed E-state index contributed by atoms with van der Waals surface area (Å²) >= 11 is 0. The zero-order valence-corrected chi connectivity index (χ0v) is 30.5. The van der Waals surface area contributed by atoms with Crippen molar-refractivity contribution in [3.8, 4) is 11.5 Å². The van der Waals surface area contributed by atoms with E-state index < -0.39 is 37.9 Å². The molecule has 0 unspecified atom stereocenters. The summed E-state index contributed by atoms with van der Waals surface area (Å²) in [6.07, 6.45) is 1.08. The number of rotatable bonds is 16. The van der Waals surface area contributed by atoms with Gasteiger partial charge in [-0.2, -0.15) is 21.4 Å². The highest BCUT2D eigenvalue weighted by Gasteiger charge is 2.27. The molecule has 4 rings (SSSR count). The first-order chi connectivity index (χ1) is 23.4. The Labute approximate surface area is 292 Å². The Bertz CT molecular complexity index is 2110. The first-order valence-electron chi connectivity index (χ1n) is 16.0. The van der Waals surface area contributed by atoms with Crippen molar-refractivity contribution >= 4 is 54.0 Å². The summed E-state index contributed by atoms with van der Waals surface area (Å²) in [5.74, 6) is -1.11. The zero-order chi connectivity index (χ0) is 36.9. The fraction of sp³-hybridized carbons (Fsp3) is 0.400. The van der Waals surface area contributed by atoms with Gasteiger partial charge in [0, 0.05) is 31.4 Å². The van der Waals surface area contributed by atoms with E-state index in [0.717, 1.165) is 0 Å². The van der Waals surface area contributed by atoms with E-state index in [0.29, 0.717) is 87.0 Å². The van der Waals surface area contributed by atoms with E-state index in [9.17, 15) is 31.0 Å². The number of methoxy groups -OCH3 is 1. The van der Waals surface area contributed by atoms with Crippen molar-refractivity contribution in [2.24, 2.45) is 0 Å². The van der Waals surface area contributed by atoms with Gasteiger partial charge in [0.25, 0.3) is 20.2 Å². The molecule has 0 saturated heterocycles. The highest BCUT2D eigenvalue weighted by atomic mass is 32.2. The van der Waals surface area contributed by atoms with E-state index in [1.165, 1.54) is 7.11 Å². The minimum atomic E-state index is -4.19. The first-order valence-corrected chi connectivity index (χ1v) is 19.3. The number of aryl methyl sites for hydroxylation is 3. The van der Waals surface area contributed by atoms with Crippen LogP contribution in [0.4, 0.5) is 0 Å². The van der Waals surface area contributed by atoms with Crippen LogP contribution in [0.1, 0.15) is 51.1 Å². The van der Waals surface area contributed by atoms with Crippen LogP contribution >= 0.6 is 0 Å². The Morgan fingerprint density at radius 2 is 1.38 bits per heavy atom. The van der Waals surface area contributed by atoms with Crippen molar-refractivity contribution in [3.63, 3.8) is 0 Å². The van der Waals surface area contributed by atoms with Crippen LogP contribution in [0.3, 0.4) is 0 Å². The third-order valence-electron chi connectivity index (χ3n) is 8.40. The lowest BCUT2D eigenvalue weighted by Gasteiger charge is -2.29. The quantitative estimate of drug-likeness (QED) is 0.0320. The number of carbonyl (C=O) groups excluding carboxylic acids is 2. The summed E-state index contributed by atoms with van der Waals surface area (Å²) in [6.45, 7) is 5.25. The van der Waals surface area contributed by atoms with Crippen molar-refractivity contribution in [3.05, 3.63) is 76.9 Å². The molecule has 0 fully saturated rings. The van der Waals surface area contributed by atoms with Crippen LogP contribution in [0.15, 0.2) is 54.6 Å². The fourth-order valence-corrected chi connectivity index (χ4v) is 7.05. The third kappa shape index (κ3) is 10.2. The first kappa shape index (κ1) is 38.6. The Morgan fingerprint density at radius 1 is 0.780 bits per heavy atom. The van der Waals surface area contributed by atoms with Gasteiger partial charge in [-0.05, 0) is 55.3 Å². The van der Waals surface area contributed by atoms with E-state index in [1.54, 1.807) is 56.3 Å². The smallest absolute Gasteiger partial charge is 0.345 e. The predicted octanol–water partition coefficient (Wildman–Crippen LogP) is 4.30. The number of carbonyl (C=O) groups is 2. The van der Waals surface area contributed by atoms with E-state index >= 15 is 0 Å². The minimum absolute atomic E-state index is 0.119. The standard InChI is InChI=1S/C35H42N2O11S2/c1-24-21-26(34(38)46-5)22-25(2)33(24)48-35(39)32-28-11-6-7-12-30(28)36(15-8-19-49(40,41)42)31-14-13-27(23-29(31)32)47-18-9-16-37(3,4)17-10-20-50(43,44)45/h6-7,11-14,21-23H,8-10,15-20H2,1-5H3/p+2. The molecule has 1 aromatic heterocycles. The molecular formula is C35H44N2O11S2+2. The van der Waals surface area contributed by atoms with Crippen LogP contribution in [-0.4, -0.2) is 94.8 Å². The molecule has 1 heterocycles. The number of quaternary nitrogens is 1. The molecule has 0 aliphatic carbocycles. The predicted molar refractivity (Wildman–Crippen MR) is 188 cm³/mol. The average Bonchev–Trinajstić information content (AvgIpc) is 3.02. The largest absolute Gasteiger partial charge is 0.493 e. The summed E-state index contributed by atoms with van der Waals surface area (Å²) in [6, 6.07) is 15.7. The van der Waals surface area contributed by atoms with Crippen molar-refractivity contribution in [1.29, 1.82) is 0 Å². The molecule has 2 N–H and O–H groups in total. The van der Waals surface area contributed by atoms with Gasteiger partial charge in [0.2, 0.25) is 11.0 Å². The van der Waals surface area contributed by atoms with Gasteiger partial charge in [0.1, 0.15) is 11.5 Å². The van der Waals surface area contributed by atoms with Crippen molar-refractivity contribution in [2.45, 2.75) is 39.7 Å². The van der Waals surface area contributed by atoms with E-state index in [1.807, 2.05) is 30.8 Å². The van der Waals surface area contributed by atoms with Crippen LogP contribution in [0.2, 0.25) is 0 Å². The molecule has 270 valence electrons. The molecule has 0 aliphatic rings. The summed E-state index contributed by atoms with van der Waals surface area (Å²) in [7, 11) is -2.98. The topological polar surface area (TPSA) is 174 Å². The molecular weight excluding hydrogens is 689 g/mol. The van der Waals surface area contributed by atoms with Crippen LogP contribution in [0, 0.1) is 13.8 Å². The molecule has 0 bridgehead atoms. The number of benzene rings is 3. The van der Waals surface area contributed by atoms with Crippen LogP contribution in [0.25, 0.3) is 21.8 Å². The molecule has 0 radical (unpaired) electrons. The molecule has 4 aromatic rings. The molecule has 13 nitrogen and oxygen atoms in total. The Hall–Kier alpha value is -4.15. The van der Waals surface area contributed by atoms with Gasteiger partial charge >= 0.3 is 11.9 Å². The second kappa shape index (κ2) is 15.8. The lowest BCUT2D eigenvalue weighted by atomic mass is 10.0. The number of para-hydroxylation sites is 1. The maximum absolute atomic E-state index is 14.2. The number of hydrogen-bond donors (Lipinski definition) is 2. The van der Waals surface area contributed by atoms with Crippen LogP contribution in [-0.2, 0) is 31.5 Å². The zero-order valence-electron chi connectivity index (χ0n) is 28.8. The van der Waals surface area contributed by atoms with Gasteiger partial charge in [-0.3, -0.25) is 9.11 Å².